The van der Waals surface area contributed by atoms with Gasteiger partial charge in [-0.15, -0.1) is 11.3 Å². The summed E-state index contributed by atoms with van der Waals surface area (Å²) in [7, 11) is 0. The number of nitrogens with zero attached hydrogens (tertiary/aromatic N) is 2. The van der Waals surface area contributed by atoms with Crippen LogP contribution >= 0.6 is 11.3 Å². The molecule has 26 heavy (non-hydrogen) atoms. The number of benzene rings is 1. The maximum atomic E-state index is 12.9. The summed E-state index contributed by atoms with van der Waals surface area (Å²) >= 11 is 1.24. The molecule has 8 heteroatoms. The molecular formula is C18H19FN2O4S. The zero-order valence-corrected chi connectivity index (χ0v) is 15.3. The molecule has 1 aliphatic rings. The third kappa shape index (κ3) is 3.70. The number of rotatable bonds is 5. The Morgan fingerprint density at radius 1 is 1.38 bits per heavy atom. The maximum Gasteiger partial charge on any atom is 0.308 e. The van der Waals surface area contributed by atoms with Crippen LogP contribution in [0.2, 0.25) is 0 Å². The average Bonchev–Trinajstić information content (AvgIpc) is 3.16. The van der Waals surface area contributed by atoms with Gasteiger partial charge < -0.3 is 14.7 Å². The Hall–Kier alpha value is -2.48. The highest BCUT2D eigenvalue weighted by Crippen LogP contribution is 2.29. The molecule has 2 unspecified atom stereocenters. The van der Waals surface area contributed by atoms with Gasteiger partial charge in [0.2, 0.25) is 0 Å². The lowest BCUT2D eigenvalue weighted by molar-refractivity contribution is -0.142. The molecule has 3 rings (SSSR count). The predicted molar refractivity (Wildman–Crippen MR) is 93.8 cm³/mol. The molecule has 1 N–H and O–H groups in total. The van der Waals surface area contributed by atoms with Crippen molar-refractivity contribution in [3.63, 3.8) is 0 Å². The van der Waals surface area contributed by atoms with E-state index in [4.69, 9.17) is 4.74 Å². The Labute approximate surface area is 154 Å². The van der Waals surface area contributed by atoms with Gasteiger partial charge in [0, 0.05) is 12.6 Å². The minimum absolute atomic E-state index is 0.178. The number of hydrogen-bond donors (Lipinski definition) is 1. The summed E-state index contributed by atoms with van der Waals surface area (Å²) in [5.41, 5.74) is 0.601. The first-order valence-corrected chi connectivity index (χ1v) is 9.07. The van der Waals surface area contributed by atoms with E-state index in [9.17, 15) is 19.1 Å². The summed E-state index contributed by atoms with van der Waals surface area (Å²) in [6.07, 6.45) is 0.459. The average molecular weight is 378 g/mol. The third-order valence-electron chi connectivity index (χ3n) is 4.54. The van der Waals surface area contributed by atoms with Crippen molar-refractivity contribution >= 4 is 23.2 Å². The molecular weight excluding hydrogens is 359 g/mol. The van der Waals surface area contributed by atoms with E-state index in [1.165, 1.54) is 35.6 Å². The van der Waals surface area contributed by atoms with E-state index in [1.54, 1.807) is 18.7 Å². The number of aromatic nitrogens is 1. The number of aliphatic carboxylic acids is 1. The molecule has 1 saturated heterocycles. The van der Waals surface area contributed by atoms with Crippen molar-refractivity contribution < 1.29 is 23.8 Å². The highest BCUT2D eigenvalue weighted by molar-refractivity contribution is 7.13. The Balaban J connectivity index is 1.68. The fourth-order valence-electron chi connectivity index (χ4n) is 3.08. The zero-order valence-electron chi connectivity index (χ0n) is 14.4. The standard InChI is InChI=1S/C18H19FN2O4S/c1-10-16(17(22)21-8-7-14(11(21)2)18(23)24)26-15(20-10)9-25-13-5-3-12(19)4-6-13/h3-6,11,14H,7-9H2,1-2H3,(H,23,24). The van der Waals surface area contributed by atoms with Crippen molar-refractivity contribution in [3.8, 4) is 5.75 Å². The van der Waals surface area contributed by atoms with Gasteiger partial charge in [-0.1, -0.05) is 0 Å². The molecule has 2 heterocycles. The third-order valence-corrected chi connectivity index (χ3v) is 5.66. The molecule has 0 bridgehead atoms. The number of hydrogen-bond acceptors (Lipinski definition) is 5. The van der Waals surface area contributed by atoms with Crippen molar-refractivity contribution in [1.82, 2.24) is 9.88 Å². The van der Waals surface area contributed by atoms with Crippen molar-refractivity contribution in [2.45, 2.75) is 32.9 Å². The minimum Gasteiger partial charge on any atom is -0.486 e. The first-order valence-electron chi connectivity index (χ1n) is 8.25. The second-order valence-electron chi connectivity index (χ2n) is 6.24. The van der Waals surface area contributed by atoms with Crippen LogP contribution in [0.4, 0.5) is 4.39 Å². The van der Waals surface area contributed by atoms with Crippen LogP contribution in [0.5, 0.6) is 5.75 Å². The summed E-state index contributed by atoms with van der Waals surface area (Å²) < 4.78 is 18.5. The zero-order chi connectivity index (χ0) is 18.8. The van der Waals surface area contributed by atoms with Crippen molar-refractivity contribution in [2.75, 3.05) is 6.54 Å². The van der Waals surface area contributed by atoms with Crippen LogP contribution in [-0.2, 0) is 11.4 Å². The summed E-state index contributed by atoms with van der Waals surface area (Å²) in [6.45, 7) is 4.12. The van der Waals surface area contributed by atoms with Crippen LogP contribution < -0.4 is 4.74 Å². The molecule has 1 fully saturated rings. The molecule has 1 aromatic carbocycles. The normalized spacial score (nSPS) is 19.6. The summed E-state index contributed by atoms with van der Waals surface area (Å²) in [5.74, 6) is -1.42. The summed E-state index contributed by atoms with van der Waals surface area (Å²) in [4.78, 5) is 30.5. The van der Waals surface area contributed by atoms with Crippen LogP contribution in [0.3, 0.4) is 0 Å². The van der Waals surface area contributed by atoms with Gasteiger partial charge in [-0.25, -0.2) is 9.37 Å². The number of halogens is 1. The van der Waals surface area contributed by atoms with E-state index in [2.05, 4.69) is 4.98 Å². The van der Waals surface area contributed by atoms with Crippen molar-refractivity contribution in [1.29, 1.82) is 0 Å². The van der Waals surface area contributed by atoms with E-state index >= 15 is 0 Å². The molecule has 1 aromatic heterocycles. The largest absolute Gasteiger partial charge is 0.486 e. The molecule has 2 aromatic rings. The lowest BCUT2D eigenvalue weighted by atomic mass is 10.0. The molecule has 0 saturated carbocycles. The monoisotopic (exact) mass is 378 g/mol. The second kappa shape index (κ2) is 7.41. The fourth-order valence-corrected chi connectivity index (χ4v) is 4.01. The lowest BCUT2D eigenvalue weighted by Crippen LogP contribution is -2.37. The Kier molecular flexibility index (Phi) is 5.22. The van der Waals surface area contributed by atoms with Gasteiger partial charge in [0.15, 0.2) is 0 Å². The molecule has 1 amide bonds. The number of likely N-dealkylation sites (tertiary alicyclic amines) is 1. The van der Waals surface area contributed by atoms with Gasteiger partial charge in [-0.2, -0.15) is 0 Å². The first kappa shape index (κ1) is 18.3. The molecule has 1 aliphatic heterocycles. The van der Waals surface area contributed by atoms with E-state index in [0.29, 0.717) is 34.3 Å². The van der Waals surface area contributed by atoms with Crippen LogP contribution in [0.15, 0.2) is 24.3 Å². The molecule has 2 atom stereocenters. The highest BCUT2D eigenvalue weighted by Gasteiger charge is 2.39. The van der Waals surface area contributed by atoms with E-state index in [1.807, 2.05) is 0 Å². The van der Waals surface area contributed by atoms with Crippen LogP contribution in [0, 0.1) is 18.7 Å². The van der Waals surface area contributed by atoms with Gasteiger partial charge in [0.05, 0.1) is 11.6 Å². The molecule has 0 radical (unpaired) electrons. The van der Waals surface area contributed by atoms with Crippen LogP contribution in [0.25, 0.3) is 0 Å². The van der Waals surface area contributed by atoms with Crippen LogP contribution in [-0.4, -0.2) is 39.5 Å². The van der Waals surface area contributed by atoms with E-state index in [0.717, 1.165) is 0 Å². The smallest absolute Gasteiger partial charge is 0.308 e. The number of amides is 1. The molecule has 0 aliphatic carbocycles. The number of carbonyl (C=O) groups excluding carboxylic acids is 1. The van der Waals surface area contributed by atoms with Crippen LogP contribution in [0.1, 0.15) is 33.7 Å². The summed E-state index contributed by atoms with van der Waals surface area (Å²) in [5, 5.41) is 9.86. The SMILES string of the molecule is Cc1nc(COc2ccc(F)cc2)sc1C(=O)N1CCC(C(=O)O)C1C. The van der Waals surface area contributed by atoms with Gasteiger partial charge in [0.1, 0.15) is 28.1 Å². The van der Waals surface area contributed by atoms with E-state index in [-0.39, 0.29) is 24.4 Å². The Morgan fingerprint density at radius 2 is 2.08 bits per heavy atom. The molecule has 138 valence electrons. The van der Waals surface area contributed by atoms with Gasteiger partial charge in [-0.05, 0) is 44.5 Å². The highest BCUT2D eigenvalue weighted by atomic mass is 32.1. The predicted octanol–water partition coefficient (Wildman–Crippen LogP) is 3.10. The van der Waals surface area contributed by atoms with Gasteiger partial charge >= 0.3 is 5.97 Å². The fraction of sp³-hybridized carbons (Fsp3) is 0.389. The number of carbonyl (C=O) groups is 2. The Bertz CT molecular complexity index is 821. The summed E-state index contributed by atoms with van der Waals surface area (Å²) in [6, 6.07) is 5.33. The quantitative estimate of drug-likeness (QED) is 0.865. The van der Waals surface area contributed by atoms with Crippen molar-refractivity contribution in [2.24, 2.45) is 5.92 Å². The number of carboxylic acid groups (broad SMARTS) is 1. The number of aryl methyl sites for hydroxylation is 1. The number of ether oxygens (including phenoxy) is 1. The van der Waals surface area contributed by atoms with Gasteiger partial charge in [-0.3, -0.25) is 9.59 Å². The minimum atomic E-state index is -0.873. The van der Waals surface area contributed by atoms with Crippen molar-refractivity contribution in [3.05, 3.63) is 45.7 Å². The van der Waals surface area contributed by atoms with E-state index < -0.39 is 11.9 Å². The topological polar surface area (TPSA) is 79.7 Å². The number of carboxylic acids is 1. The first-order chi connectivity index (χ1) is 12.4. The molecule has 0 spiro atoms. The number of thiazole rings is 1. The maximum absolute atomic E-state index is 12.9. The second-order valence-corrected chi connectivity index (χ2v) is 7.32. The van der Waals surface area contributed by atoms with Gasteiger partial charge in [0.25, 0.3) is 5.91 Å². The molecule has 6 nitrogen and oxygen atoms in total. The Morgan fingerprint density at radius 3 is 2.69 bits per heavy atom. The lowest BCUT2D eigenvalue weighted by Gasteiger charge is -2.22.